The van der Waals surface area contributed by atoms with Crippen LogP contribution in [0.5, 0.6) is 5.75 Å². The molecular weight excluding hydrogens is 448 g/mol. The zero-order chi connectivity index (χ0) is 23.7. The van der Waals surface area contributed by atoms with Gasteiger partial charge in [-0.3, -0.25) is 4.98 Å². The molecule has 170 valence electrons. The van der Waals surface area contributed by atoms with E-state index in [9.17, 15) is 9.90 Å². The lowest BCUT2D eigenvalue weighted by Crippen LogP contribution is -2.30. The van der Waals surface area contributed by atoms with Gasteiger partial charge in [-0.1, -0.05) is 18.2 Å². The van der Waals surface area contributed by atoms with Crippen molar-refractivity contribution in [2.24, 2.45) is 0 Å². The van der Waals surface area contributed by atoms with E-state index in [0.29, 0.717) is 16.4 Å². The van der Waals surface area contributed by atoms with Gasteiger partial charge in [0.05, 0.1) is 30.1 Å². The first-order valence-corrected chi connectivity index (χ1v) is 11.1. The maximum absolute atomic E-state index is 11.9. The number of phenolic OH excluding ortho intramolecular Hbond substituents is 1. The van der Waals surface area contributed by atoms with E-state index in [0.717, 1.165) is 17.1 Å². The summed E-state index contributed by atoms with van der Waals surface area (Å²) >= 11 is 5.74. The van der Waals surface area contributed by atoms with Crippen molar-refractivity contribution in [3.63, 3.8) is 0 Å². The van der Waals surface area contributed by atoms with E-state index in [4.69, 9.17) is 17.0 Å². The average molecular weight is 471 g/mol. The molecule has 2 N–H and O–H groups in total. The second-order valence-electron chi connectivity index (χ2n) is 7.83. The summed E-state index contributed by atoms with van der Waals surface area (Å²) in [5.41, 5.74) is 3.74. The molecule has 1 aliphatic rings. The van der Waals surface area contributed by atoms with Crippen molar-refractivity contribution in [1.82, 2.24) is 14.9 Å². The zero-order valence-corrected chi connectivity index (χ0v) is 19.1. The Labute approximate surface area is 202 Å². The lowest BCUT2D eigenvalue weighted by atomic mass is 10.0. The van der Waals surface area contributed by atoms with Crippen molar-refractivity contribution in [3.8, 4) is 11.4 Å². The first kappa shape index (κ1) is 21.7. The molecule has 0 aliphatic carbocycles. The smallest absolute Gasteiger partial charge is 0.337 e. The third-order valence-electron chi connectivity index (χ3n) is 5.89. The number of nitrogens with one attached hydrogen (secondary N) is 1. The average Bonchev–Trinajstić information content (AvgIpc) is 3.49. The standard InChI is InChI=1S/C26H22N4O3S/c1-33-25(32)17-11-13-18(14-12-17)29-16-6-9-21(29)24-23(19-7-4-5-15-27-19)28-26(34)30(24)20-8-2-3-10-22(20)31/h2-16,23-24,31H,1H3,(H,28,34)/t23-,24+/m1/s1. The summed E-state index contributed by atoms with van der Waals surface area (Å²) in [6.45, 7) is 0. The van der Waals surface area contributed by atoms with Crippen LogP contribution in [-0.2, 0) is 4.74 Å². The van der Waals surface area contributed by atoms with Gasteiger partial charge in [-0.2, -0.15) is 0 Å². The number of methoxy groups -OCH3 is 1. The van der Waals surface area contributed by atoms with Crippen LogP contribution in [0, 0.1) is 0 Å². The van der Waals surface area contributed by atoms with E-state index in [1.54, 1.807) is 30.5 Å². The first-order valence-electron chi connectivity index (χ1n) is 10.7. The molecule has 0 amide bonds. The fourth-order valence-corrected chi connectivity index (χ4v) is 4.67. The number of anilines is 1. The molecule has 2 aromatic carbocycles. The van der Waals surface area contributed by atoms with Gasteiger partial charge >= 0.3 is 5.97 Å². The minimum absolute atomic E-state index is 0.138. The van der Waals surface area contributed by atoms with Gasteiger partial charge in [0.1, 0.15) is 11.8 Å². The van der Waals surface area contributed by atoms with Crippen molar-refractivity contribution in [3.05, 3.63) is 108 Å². The topological polar surface area (TPSA) is 79.6 Å². The second kappa shape index (κ2) is 8.99. The summed E-state index contributed by atoms with van der Waals surface area (Å²) in [6, 6.07) is 23.6. The minimum atomic E-state index is -0.384. The first-order chi connectivity index (χ1) is 16.6. The third-order valence-corrected chi connectivity index (χ3v) is 6.20. The fourth-order valence-electron chi connectivity index (χ4n) is 4.33. The number of aromatic nitrogens is 2. The highest BCUT2D eigenvalue weighted by Crippen LogP contribution is 2.44. The molecule has 1 saturated heterocycles. The van der Waals surface area contributed by atoms with Gasteiger partial charge < -0.3 is 24.6 Å². The number of esters is 1. The Balaban J connectivity index is 1.63. The van der Waals surface area contributed by atoms with Crippen LogP contribution in [0.4, 0.5) is 5.69 Å². The molecule has 2 aromatic heterocycles. The summed E-state index contributed by atoms with van der Waals surface area (Å²) in [7, 11) is 1.36. The van der Waals surface area contributed by atoms with Crippen molar-refractivity contribution in [2.45, 2.75) is 12.1 Å². The van der Waals surface area contributed by atoms with E-state index < -0.39 is 0 Å². The van der Waals surface area contributed by atoms with Gasteiger partial charge in [-0.05, 0) is 72.9 Å². The maximum atomic E-state index is 11.9. The fraction of sp³-hybridized carbons (Fsp3) is 0.115. The summed E-state index contributed by atoms with van der Waals surface area (Å²) in [5.74, 6) is -0.246. The third kappa shape index (κ3) is 3.78. The van der Waals surface area contributed by atoms with Gasteiger partial charge in [-0.15, -0.1) is 0 Å². The number of aromatic hydroxyl groups is 1. The molecule has 4 aromatic rings. The number of ether oxygens (including phenoxy) is 1. The van der Waals surface area contributed by atoms with Crippen LogP contribution >= 0.6 is 12.2 Å². The Morgan fingerprint density at radius 2 is 1.79 bits per heavy atom. The molecular formula is C26H22N4O3S. The highest BCUT2D eigenvalue weighted by Gasteiger charge is 2.42. The van der Waals surface area contributed by atoms with Gasteiger partial charge in [0.2, 0.25) is 0 Å². The van der Waals surface area contributed by atoms with Crippen LogP contribution in [0.1, 0.15) is 33.8 Å². The molecule has 34 heavy (non-hydrogen) atoms. The van der Waals surface area contributed by atoms with Crippen LogP contribution in [-0.4, -0.2) is 32.8 Å². The number of nitrogens with zero attached hydrogens (tertiary/aromatic N) is 3. The number of carbonyl (C=O) groups is 1. The van der Waals surface area contributed by atoms with Gasteiger partial charge in [-0.25, -0.2) is 4.79 Å². The second-order valence-corrected chi connectivity index (χ2v) is 8.21. The Hall–Kier alpha value is -4.17. The molecule has 8 heteroatoms. The molecule has 7 nitrogen and oxygen atoms in total. The predicted octanol–water partition coefficient (Wildman–Crippen LogP) is 4.54. The van der Waals surface area contributed by atoms with E-state index in [-0.39, 0.29) is 23.8 Å². The molecule has 0 bridgehead atoms. The van der Waals surface area contributed by atoms with Crippen LogP contribution in [0.15, 0.2) is 91.3 Å². The molecule has 2 atom stereocenters. The maximum Gasteiger partial charge on any atom is 0.337 e. The Bertz CT molecular complexity index is 1340. The summed E-state index contributed by atoms with van der Waals surface area (Å²) < 4.78 is 6.86. The Kier molecular flexibility index (Phi) is 5.73. The number of para-hydroxylation sites is 2. The molecule has 5 rings (SSSR count). The Morgan fingerprint density at radius 3 is 2.50 bits per heavy atom. The number of carbonyl (C=O) groups excluding carboxylic acids is 1. The van der Waals surface area contributed by atoms with Crippen molar-refractivity contribution in [2.75, 3.05) is 12.0 Å². The Morgan fingerprint density at radius 1 is 1.03 bits per heavy atom. The SMILES string of the molecule is COC(=O)c1ccc(-n2cccc2[C@H]2[C@@H](c3ccccn3)NC(=S)N2c2ccccc2O)cc1. The molecule has 3 heterocycles. The van der Waals surface area contributed by atoms with Gasteiger partial charge in [0.25, 0.3) is 0 Å². The van der Waals surface area contributed by atoms with Gasteiger partial charge in [0, 0.05) is 23.8 Å². The van der Waals surface area contributed by atoms with Crippen molar-refractivity contribution >= 4 is 29.0 Å². The largest absolute Gasteiger partial charge is 0.506 e. The highest BCUT2D eigenvalue weighted by atomic mass is 32.1. The van der Waals surface area contributed by atoms with Crippen molar-refractivity contribution < 1.29 is 14.6 Å². The van der Waals surface area contributed by atoms with Crippen LogP contribution in [0.3, 0.4) is 0 Å². The molecule has 0 unspecified atom stereocenters. The number of rotatable bonds is 5. The molecule has 0 saturated carbocycles. The van der Waals surface area contributed by atoms with Crippen LogP contribution in [0.2, 0.25) is 0 Å². The summed E-state index contributed by atoms with van der Waals surface area (Å²) in [5, 5.41) is 14.6. The number of hydrogen-bond acceptors (Lipinski definition) is 5. The lowest BCUT2D eigenvalue weighted by Gasteiger charge is -2.29. The minimum Gasteiger partial charge on any atom is -0.506 e. The van der Waals surface area contributed by atoms with E-state index in [1.807, 2.05) is 70.3 Å². The van der Waals surface area contributed by atoms with E-state index in [2.05, 4.69) is 10.3 Å². The number of pyridine rings is 1. The monoisotopic (exact) mass is 470 g/mol. The van der Waals surface area contributed by atoms with Crippen LogP contribution < -0.4 is 10.2 Å². The lowest BCUT2D eigenvalue weighted by molar-refractivity contribution is 0.0600. The van der Waals surface area contributed by atoms with E-state index in [1.165, 1.54) is 7.11 Å². The summed E-state index contributed by atoms with van der Waals surface area (Å²) in [4.78, 5) is 18.4. The number of thiocarbonyl (C=S) groups is 1. The number of phenols is 1. The molecule has 0 spiro atoms. The van der Waals surface area contributed by atoms with Crippen molar-refractivity contribution in [1.29, 1.82) is 0 Å². The zero-order valence-electron chi connectivity index (χ0n) is 18.3. The molecule has 1 fully saturated rings. The molecule has 1 aliphatic heterocycles. The summed E-state index contributed by atoms with van der Waals surface area (Å²) in [6.07, 6.45) is 3.71. The van der Waals surface area contributed by atoms with Gasteiger partial charge in [0.15, 0.2) is 5.11 Å². The predicted molar refractivity (Wildman–Crippen MR) is 133 cm³/mol. The number of hydrogen-bond donors (Lipinski definition) is 2. The highest BCUT2D eigenvalue weighted by molar-refractivity contribution is 7.80. The van der Waals surface area contributed by atoms with Crippen LogP contribution in [0.25, 0.3) is 5.69 Å². The number of benzene rings is 2. The quantitative estimate of drug-likeness (QED) is 0.327. The normalized spacial score (nSPS) is 17.4. The molecule has 0 radical (unpaired) electrons. The van der Waals surface area contributed by atoms with E-state index >= 15 is 0 Å².